The Kier molecular flexibility index (Phi) is 4.63. The minimum Gasteiger partial charge on any atom is -0.490 e. The van der Waals surface area contributed by atoms with E-state index >= 15 is 0 Å². The summed E-state index contributed by atoms with van der Waals surface area (Å²) >= 11 is 0. The molecule has 1 aromatic carbocycles. The Balaban J connectivity index is 2.30. The number of nitrogens with two attached hydrogens (primary N) is 1. The number of ether oxygens (including phenoxy) is 2. The summed E-state index contributed by atoms with van der Waals surface area (Å²) in [5, 5.41) is 0. The minimum absolute atomic E-state index is 0.0611. The molecule has 0 aliphatic carbocycles. The van der Waals surface area contributed by atoms with Crippen molar-refractivity contribution in [3.8, 4) is 11.5 Å². The van der Waals surface area contributed by atoms with Gasteiger partial charge < -0.3 is 19.6 Å². The smallest absolute Gasteiger partial charge is 0.180 e. The molecule has 1 atom stereocenters. The van der Waals surface area contributed by atoms with Crippen molar-refractivity contribution in [3.63, 3.8) is 0 Å². The quantitative estimate of drug-likeness (QED) is 0.878. The van der Waals surface area contributed by atoms with Crippen LogP contribution in [0.2, 0.25) is 0 Å². The average molecular weight is 276 g/mol. The van der Waals surface area contributed by atoms with Crippen LogP contribution in [0.1, 0.15) is 38.1 Å². The van der Waals surface area contributed by atoms with Crippen LogP contribution in [-0.2, 0) is 0 Å². The molecule has 0 aliphatic rings. The Labute approximate surface area is 118 Å². The predicted octanol–water partition coefficient (Wildman–Crippen LogP) is 2.91. The van der Waals surface area contributed by atoms with Crippen molar-refractivity contribution in [3.05, 3.63) is 42.1 Å². The number of aromatic nitrogens is 1. The summed E-state index contributed by atoms with van der Waals surface area (Å²) in [5.41, 5.74) is 7.04. The van der Waals surface area contributed by atoms with Gasteiger partial charge >= 0.3 is 0 Å². The second-order valence-electron chi connectivity index (χ2n) is 4.69. The summed E-state index contributed by atoms with van der Waals surface area (Å²) in [6.45, 7) is 6.47. The molecule has 0 saturated heterocycles. The monoisotopic (exact) mass is 276 g/mol. The molecule has 1 heterocycles. The van der Waals surface area contributed by atoms with Crippen LogP contribution in [0.4, 0.5) is 0 Å². The fourth-order valence-corrected chi connectivity index (χ4v) is 1.88. The van der Waals surface area contributed by atoms with E-state index in [1.807, 2.05) is 39.0 Å². The molecule has 0 spiro atoms. The normalized spacial score (nSPS) is 12.4. The van der Waals surface area contributed by atoms with Crippen molar-refractivity contribution in [2.45, 2.75) is 32.9 Å². The maximum atomic E-state index is 6.15. The van der Waals surface area contributed by atoms with Crippen LogP contribution in [-0.4, -0.2) is 17.7 Å². The van der Waals surface area contributed by atoms with Crippen LogP contribution in [0.15, 0.2) is 35.2 Å². The zero-order valence-electron chi connectivity index (χ0n) is 12.0. The minimum atomic E-state index is -0.373. The highest BCUT2D eigenvalue weighted by atomic mass is 16.5. The summed E-state index contributed by atoms with van der Waals surface area (Å²) in [4.78, 5) is 3.88. The molecule has 1 aromatic heterocycles. The third kappa shape index (κ3) is 3.30. The van der Waals surface area contributed by atoms with Gasteiger partial charge in [-0.3, -0.25) is 0 Å². The highest BCUT2D eigenvalue weighted by Crippen LogP contribution is 2.32. The molecule has 2 N–H and O–H groups in total. The molecule has 0 saturated carbocycles. The van der Waals surface area contributed by atoms with E-state index in [1.165, 1.54) is 6.39 Å². The van der Waals surface area contributed by atoms with Crippen LogP contribution in [0.3, 0.4) is 0 Å². The number of benzene rings is 1. The first-order chi connectivity index (χ1) is 9.61. The molecule has 108 valence electrons. The third-order valence-electron chi connectivity index (χ3n) is 2.75. The van der Waals surface area contributed by atoms with Gasteiger partial charge in [-0.2, -0.15) is 0 Å². The van der Waals surface area contributed by atoms with Crippen LogP contribution < -0.4 is 15.2 Å². The zero-order valence-corrected chi connectivity index (χ0v) is 12.0. The van der Waals surface area contributed by atoms with E-state index in [9.17, 15) is 0 Å². The maximum Gasteiger partial charge on any atom is 0.180 e. The van der Waals surface area contributed by atoms with Gasteiger partial charge in [-0.1, -0.05) is 6.07 Å². The van der Waals surface area contributed by atoms with Crippen molar-refractivity contribution in [1.82, 2.24) is 4.98 Å². The first-order valence-electron chi connectivity index (χ1n) is 6.69. The molecule has 0 bridgehead atoms. The molecule has 2 rings (SSSR count). The molecule has 0 amide bonds. The molecule has 1 unspecified atom stereocenters. The van der Waals surface area contributed by atoms with Gasteiger partial charge in [0.1, 0.15) is 5.76 Å². The fraction of sp³-hybridized carbons (Fsp3) is 0.400. The zero-order chi connectivity index (χ0) is 14.5. The molecule has 0 radical (unpaired) electrons. The third-order valence-corrected chi connectivity index (χ3v) is 2.75. The molecule has 2 aromatic rings. The maximum absolute atomic E-state index is 6.15. The lowest BCUT2D eigenvalue weighted by Gasteiger charge is -2.17. The lowest BCUT2D eigenvalue weighted by atomic mass is 10.1. The van der Waals surface area contributed by atoms with Gasteiger partial charge in [0.25, 0.3) is 0 Å². The standard InChI is InChI=1S/C15H20N2O3/c1-4-18-12-6-5-11(7-13(12)20-10(2)3)15(16)14-8-17-9-19-14/h5-10,15H,4,16H2,1-3H3. The van der Waals surface area contributed by atoms with Crippen molar-refractivity contribution in [2.24, 2.45) is 5.73 Å². The van der Waals surface area contributed by atoms with Gasteiger partial charge in [-0.25, -0.2) is 4.98 Å². The van der Waals surface area contributed by atoms with Crippen molar-refractivity contribution in [1.29, 1.82) is 0 Å². The van der Waals surface area contributed by atoms with Gasteiger partial charge in [0.2, 0.25) is 0 Å². The summed E-state index contributed by atoms with van der Waals surface area (Å²) in [7, 11) is 0. The van der Waals surface area contributed by atoms with Crippen LogP contribution in [0, 0.1) is 0 Å². The van der Waals surface area contributed by atoms with Gasteiger partial charge in [-0.15, -0.1) is 0 Å². The molecule has 20 heavy (non-hydrogen) atoms. The first kappa shape index (κ1) is 14.4. The summed E-state index contributed by atoms with van der Waals surface area (Å²) in [6.07, 6.45) is 3.05. The fourth-order valence-electron chi connectivity index (χ4n) is 1.88. The van der Waals surface area contributed by atoms with Gasteiger partial charge in [0.15, 0.2) is 17.9 Å². The van der Waals surface area contributed by atoms with E-state index in [2.05, 4.69) is 4.98 Å². The molecule has 0 fully saturated rings. The second kappa shape index (κ2) is 6.43. The lowest BCUT2D eigenvalue weighted by Crippen LogP contribution is -2.13. The summed E-state index contributed by atoms with van der Waals surface area (Å²) in [6, 6.07) is 5.29. The summed E-state index contributed by atoms with van der Waals surface area (Å²) < 4.78 is 16.6. The Bertz CT molecular complexity index is 538. The van der Waals surface area contributed by atoms with Gasteiger partial charge in [0, 0.05) is 0 Å². The Hall–Kier alpha value is -2.01. The SMILES string of the molecule is CCOc1ccc(C(N)c2cnco2)cc1OC(C)C. The number of rotatable bonds is 6. The predicted molar refractivity (Wildman–Crippen MR) is 75.9 cm³/mol. The van der Waals surface area contributed by atoms with E-state index < -0.39 is 0 Å². The van der Waals surface area contributed by atoms with Crippen LogP contribution >= 0.6 is 0 Å². The highest BCUT2D eigenvalue weighted by molar-refractivity contribution is 5.45. The van der Waals surface area contributed by atoms with E-state index in [-0.39, 0.29) is 12.1 Å². The highest BCUT2D eigenvalue weighted by Gasteiger charge is 2.16. The molecule has 5 nitrogen and oxygen atoms in total. The van der Waals surface area contributed by atoms with E-state index in [4.69, 9.17) is 19.6 Å². The van der Waals surface area contributed by atoms with Crippen molar-refractivity contribution >= 4 is 0 Å². The average Bonchev–Trinajstić information content (AvgIpc) is 2.93. The molecule has 0 aliphatic heterocycles. The molecular weight excluding hydrogens is 256 g/mol. The van der Waals surface area contributed by atoms with Crippen molar-refractivity contribution < 1.29 is 13.9 Å². The Morgan fingerprint density at radius 1 is 1.30 bits per heavy atom. The van der Waals surface area contributed by atoms with Crippen LogP contribution in [0.5, 0.6) is 11.5 Å². The topological polar surface area (TPSA) is 70.5 Å². The molecule has 5 heteroatoms. The number of nitrogens with zero attached hydrogens (tertiary/aromatic N) is 1. The lowest BCUT2D eigenvalue weighted by molar-refractivity contribution is 0.223. The first-order valence-corrected chi connectivity index (χ1v) is 6.69. The van der Waals surface area contributed by atoms with Crippen molar-refractivity contribution in [2.75, 3.05) is 6.61 Å². The Morgan fingerprint density at radius 3 is 2.70 bits per heavy atom. The Morgan fingerprint density at radius 2 is 2.10 bits per heavy atom. The van der Waals surface area contributed by atoms with E-state index in [0.29, 0.717) is 18.1 Å². The number of hydrogen-bond acceptors (Lipinski definition) is 5. The summed E-state index contributed by atoms with van der Waals surface area (Å²) in [5.74, 6) is 2.02. The van der Waals surface area contributed by atoms with Gasteiger partial charge in [-0.05, 0) is 38.5 Å². The van der Waals surface area contributed by atoms with Crippen LogP contribution in [0.25, 0.3) is 0 Å². The second-order valence-corrected chi connectivity index (χ2v) is 4.69. The molecular formula is C15H20N2O3. The van der Waals surface area contributed by atoms with E-state index in [1.54, 1.807) is 6.20 Å². The largest absolute Gasteiger partial charge is 0.490 e. The number of hydrogen-bond donors (Lipinski definition) is 1. The van der Waals surface area contributed by atoms with Gasteiger partial charge in [0.05, 0.1) is 24.9 Å². The number of oxazole rings is 1. The van der Waals surface area contributed by atoms with E-state index in [0.717, 1.165) is 11.3 Å².